The van der Waals surface area contributed by atoms with E-state index in [1.807, 2.05) is 23.3 Å². The third-order valence-corrected chi connectivity index (χ3v) is 7.35. The maximum atomic E-state index is 6.23. The molecular weight excluding hydrogens is 438 g/mol. The number of hydrogen-bond acceptors (Lipinski definition) is 7. The van der Waals surface area contributed by atoms with Crippen molar-refractivity contribution >= 4 is 22.9 Å². The lowest BCUT2D eigenvalue weighted by molar-refractivity contribution is 0.408. The maximum Gasteiger partial charge on any atom is 0.227 e. The van der Waals surface area contributed by atoms with E-state index >= 15 is 0 Å². The smallest absolute Gasteiger partial charge is 0.227 e. The number of nitrogens with two attached hydrogens (primary N) is 1. The third kappa shape index (κ3) is 4.73. The van der Waals surface area contributed by atoms with Gasteiger partial charge in [-0.25, -0.2) is 9.67 Å². The monoisotopic (exact) mass is 471 g/mol. The average molecular weight is 472 g/mol. The maximum absolute atomic E-state index is 6.23. The van der Waals surface area contributed by atoms with Crippen LogP contribution in [-0.4, -0.2) is 41.4 Å². The number of anilines is 2. The molecule has 0 saturated heterocycles. The Labute approximate surface area is 205 Å². The summed E-state index contributed by atoms with van der Waals surface area (Å²) < 4.78 is 4.11. The first-order chi connectivity index (χ1) is 17.2. The van der Waals surface area contributed by atoms with Gasteiger partial charge in [0.15, 0.2) is 17.0 Å². The minimum Gasteiger partial charge on any atom is -0.364 e. The summed E-state index contributed by atoms with van der Waals surface area (Å²) in [6.07, 6.45) is 14.9. The van der Waals surface area contributed by atoms with Crippen LogP contribution in [0.25, 0.3) is 16.9 Å². The van der Waals surface area contributed by atoms with E-state index in [4.69, 9.17) is 20.7 Å². The van der Waals surface area contributed by atoms with E-state index in [-0.39, 0.29) is 6.04 Å². The summed E-state index contributed by atoms with van der Waals surface area (Å²) in [7, 11) is 0. The molecule has 1 aromatic carbocycles. The number of rotatable bonds is 7. The Morgan fingerprint density at radius 2 is 1.86 bits per heavy atom. The van der Waals surface area contributed by atoms with Crippen molar-refractivity contribution in [1.82, 2.24) is 29.3 Å². The molecule has 2 atom stereocenters. The second kappa shape index (κ2) is 9.65. The highest BCUT2D eigenvalue weighted by Gasteiger charge is 2.24. The Morgan fingerprint density at radius 3 is 2.63 bits per heavy atom. The summed E-state index contributed by atoms with van der Waals surface area (Å²) in [6, 6.07) is 11.3. The third-order valence-electron chi connectivity index (χ3n) is 7.35. The van der Waals surface area contributed by atoms with E-state index < -0.39 is 0 Å². The summed E-state index contributed by atoms with van der Waals surface area (Å²) >= 11 is 0. The number of aromatic nitrogens is 6. The molecule has 4 N–H and O–H groups in total. The predicted octanol–water partition coefficient (Wildman–Crippen LogP) is 4.42. The summed E-state index contributed by atoms with van der Waals surface area (Å²) in [4.78, 5) is 14.6. The molecule has 2 aliphatic rings. The van der Waals surface area contributed by atoms with E-state index in [0.29, 0.717) is 24.6 Å². The standard InChI is InChI=1S/C26H33N9/c27-19-5-3-6-20(15-19)31-26-32-24(23-25(33-26)34(17-29-23)21-7-1-2-8-21)28-16-18-9-11-22(12-10-18)35-14-4-13-30-35/h4,9-14,17,19-21H,1-3,5-8,15-16,27H2,(H2,28,31,32,33). The van der Waals surface area contributed by atoms with Crippen LogP contribution in [0.2, 0.25) is 0 Å². The van der Waals surface area contributed by atoms with Gasteiger partial charge in [-0.05, 0) is 62.3 Å². The second-order valence-electron chi connectivity index (χ2n) is 9.90. The Morgan fingerprint density at radius 1 is 1.00 bits per heavy atom. The number of hydrogen-bond donors (Lipinski definition) is 3. The van der Waals surface area contributed by atoms with E-state index in [0.717, 1.165) is 53.9 Å². The van der Waals surface area contributed by atoms with Gasteiger partial charge in [0.25, 0.3) is 0 Å². The fourth-order valence-electron chi connectivity index (χ4n) is 5.47. The molecule has 0 spiro atoms. The molecular formula is C26H33N9. The van der Waals surface area contributed by atoms with Crippen LogP contribution in [0.1, 0.15) is 63.0 Å². The first-order valence-corrected chi connectivity index (χ1v) is 12.8. The van der Waals surface area contributed by atoms with Crippen molar-refractivity contribution in [1.29, 1.82) is 0 Å². The van der Waals surface area contributed by atoms with Crippen LogP contribution in [-0.2, 0) is 6.54 Å². The largest absolute Gasteiger partial charge is 0.364 e. The zero-order chi connectivity index (χ0) is 23.6. The van der Waals surface area contributed by atoms with Crippen molar-refractivity contribution in [3.8, 4) is 5.69 Å². The molecule has 2 aliphatic carbocycles. The first-order valence-electron chi connectivity index (χ1n) is 12.8. The summed E-state index contributed by atoms with van der Waals surface area (Å²) in [6.45, 7) is 0.648. The van der Waals surface area contributed by atoms with Crippen LogP contribution in [0.5, 0.6) is 0 Å². The Bertz CT molecular complexity index is 1260. The molecule has 0 radical (unpaired) electrons. The SMILES string of the molecule is NC1CCCC(Nc2nc(NCc3ccc(-n4cccn4)cc3)c3ncn(C4CCCC4)c3n2)C1. The number of imidazole rings is 1. The number of nitrogens with one attached hydrogen (secondary N) is 2. The van der Waals surface area contributed by atoms with E-state index in [1.54, 1.807) is 6.20 Å². The number of fused-ring (bicyclic) bond motifs is 1. The lowest BCUT2D eigenvalue weighted by Gasteiger charge is -2.27. The van der Waals surface area contributed by atoms with Crippen molar-refractivity contribution < 1.29 is 0 Å². The molecule has 9 nitrogen and oxygen atoms in total. The van der Waals surface area contributed by atoms with Crippen LogP contribution in [0.15, 0.2) is 49.1 Å². The molecule has 2 fully saturated rings. The van der Waals surface area contributed by atoms with E-state index in [9.17, 15) is 0 Å². The highest BCUT2D eigenvalue weighted by molar-refractivity contribution is 5.84. The number of nitrogens with zero attached hydrogens (tertiary/aromatic N) is 6. The van der Waals surface area contributed by atoms with Crippen molar-refractivity contribution in [2.45, 2.75) is 76.0 Å². The van der Waals surface area contributed by atoms with E-state index in [1.165, 1.54) is 25.7 Å². The lowest BCUT2D eigenvalue weighted by atomic mass is 9.92. The van der Waals surface area contributed by atoms with Crippen LogP contribution in [0.3, 0.4) is 0 Å². The molecule has 2 saturated carbocycles. The molecule has 3 heterocycles. The minimum absolute atomic E-state index is 0.247. The topological polar surface area (TPSA) is 112 Å². The van der Waals surface area contributed by atoms with Gasteiger partial charge in [-0.2, -0.15) is 15.1 Å². The van der Waals surface area contributed by atoms with Crippen LogP contribution in [0, 0.1) is 0 Å². The Balaban J connectivity index is 1.26. The fourth-order valence-corrected chi connectivity index (χ4v) is 5.47. The molecule has 182 valence electrons. The second-order valence-corrected chi connectivity index (χ2v) is 9.90. The minimum atomic E-state index is 0.247. The predicted molar refractivity (Wildman–Crippen MR) is 138 cm³/mol. The molecule has 6 rings (SSSR count). The van der Waals surface area contributed by atoms with Gasteiger partial charge in [0.2, 0.25) is 5.95 Å². The molecule has 4 aromatic rings. The van der Waals surface area contributed by atoms with Crippen molar-refractivity contribution in [2.24, 2.45) is 5.73 Å². The molecule has 0 bridgehead atoms. The fraction of sp³-hybridized carbons (Fsp3) is 0.462. The van der Waals surface area contributed by atoms with Crippen molar-refractivity contribution in [3.05, 3.63) is 54.6 Å². The van der Waals surface area contributed by atoms with Crippen molar-refractivity contribution in [3.63, 3.8) is 0 Å². The normalized spacial score (nSPS) is 20.9. The number of benzene rings is 1. The van der Waals surface area contributed by atoms with Crippen molar-refractivity contribution in [2.75, 3.05) is 10.6 Å². The van der Waals surface area contributed by atoms with Gasteiger partial charge >= 0.3 is 0 Å². The summed E-state index contributed by atoms with van der Waals surface area (Å²) in [5.74, 6) is 1.43. The Hall–Kier alpha value is -3.46. The zero-order valence-corrected chi connectivity index (χ0v) is 20.0. The molecule has 35 heavy (non-hydrogen) atoms. The quantitative estimate of drug-likeness (QED) is 0.366. The van der Waals surface area contributed by atoms with Gasteiger partial charge in [-0.1, -0.05) is 25.0 Å². The first kappa shape index (κ1) is 22.0. The lowest BCUT2D eigenvalue weighted by Crippen LogP contribution is -2.35. The highest BCUT2D eigenvalue weighted by Crippen LogP contribution is 2.33. The molecule has 0 aliphatic heterocycles. The van der Waals surface area contributed by atoms with Gasteiger partial charge in [0, 0.05) is 37.1 Å². The molecule has 9 heteroatoms. The van der Waals surface area contributed by atoms with Gasteiger partial charge < -0.3 is 20.9 Å². The van der Waals surface area contributed by atoms with Gasteiger partial charge in [-0.15, -0.1) is 0 Å². The van der Waals surface area contributed by atoms with Crippen LogP contribution in [0.4, 0.5) is 11.8 Å². The molecule has 3 aromatic heterocycles. The molecule has 0 amide bonds. The average Bonchev–Trinajstić information content (AvgIpc) is 3.65. The van der Waals surface area contributed by atoms with Gasteiger partial charge in [-0.3, -0.25) is 0 Å². The summed E-state index contributed by atoms with van der Waals surface area (Å²) in [5.41, 5.74) is 10.2. The zero-order valence-electron chi connectivity index (χ0n) is 20.0. The van der Waals surface area contributed by atoms with Gasteiger partial charge in [0.1, 0.15) is 0 Å². The molecule has 2 unspecified atom stereocenters. The summed E-state index contributed by atoms with van der Waals surface area (Å²) in [5, 5.41) is 11.4. The Kier molecular flexibility index (Phi) is 6.08. The van der Waals surface area contributed by atoms with E-state index in [2.05, 4.69) is 44.6 Å². The van der Waals surface area contributed by atoms with Gasteiger partial charge in [0.05, 0.1) is 12.0 Å². The van der Waals surface area contributed by atoms with Crippen LogP contribution < -0.4 is 16.4 Å². The highest BCUT2D eigenvalue weighted by atomic mass is 15.3. The van der Waals surface area contributed by atoms with Crippen LogP contribution >= 0.6 is 0 Å².